The molecule has 1 amide bonds. The molecule has 1 atom stereocenters. The quantitative estimate of drug-likeness (QED) is 0.793. The number of amides is 1. The van der Waals surface area contributed by atoms with Crippen molar-refractivity contribution >= 4 is 5.91 Å². The van der Waals surface area contributed by atoms with Gasteiger partial charge in [0.1, 0.15) is 0 Å². The van der Waals surface area contributed by atoms with Gasteiger partial charge in [-0.15, -0.1) is 0 Å². The number of carbonyl (C=O) groups is 1. The van der Waals surface area contributed by atoms with E-state index in [1.807, 2.05) is 0 Å². The summed E-state index contributed by atoms with van der Waals surface area (Å²) in [4.78, 5) is 11.9. The highest BCUT2D eigenvalue weighted by molar-refractivity contribution is 5.78. The molecule has 0 bridgehead atoms. The monoisotopic (exact) mass is 229 g/mol. The topological polar surface area (TPSA) is 29.1 Å². The molecule has 2 heteroatoms. The molecule has 0 spiro atoms. The smallest absolute Gasteiger partial charge is 0.223 e. The van der Waals surface area contributed by atoms with Gasteiger partial charge in [-0.2, -0.15) is 0 Å². The average Bonchev–Trinajstić information content (AvgIpc) is 2.39. The SMILES string of the molecule is Cc1ccc(CNC(=O)[C@H]2CC=CCC2)cc1. The molecule has 1 N–H and O–H groups in total. The van der Waals surface area contributed by atoms with E-state index in [9.17, 15) is 4.79 Å². The molecule has 0 fully saturated rings. The van der Waals surface area contributed by atoms with E-state index >= 15 is 0 Å². The van der Waals surface area contributed by atoms with Crippen LogP contribution in [0.2, 0.25) is 0 Å². The third kappa shape index (κ3) is 3.45. The van der Waals surface area contributed by atoms with Gasteiger partial charge in [0.25, 0.3) is 0 Å². The normalized spacial score (nSPS) is 19.0. The number of hydrogen-bond donors (Lipinski definition) is 1. The second kappa shape index (κ2) is 5.67. The Morgan fingerprint density at radius 1 is 1.29 bits per heavy atom. The van der Waals surface area contributed by atoms with Crippen molar-refractivity contribution < 1.29 is 4.79 Å². The molecule has 2 nitrogen and oxygen atoms in total. The van der Waals surface area contributed by atoms with Crippen molar-refractivity contribution in [2.24, 2.45) is 5.92 Å². The van der Waals surface area contributed by atoms with Crippen LogP contribution < -0.4 is 5.32 Å². The van der Waals surface area contributed by atoms with Gasteiger partial charge in [0.15, 0.2) is 0 Å². The number of rotatable bonds is 3. The molecule has 1 aromatic carbocycles. The minimum atomic E-state index is 0.172. The second-order valence-electron chi connectivity index (χ2n) is 4.68. The lowest BCUT2D eigenvalue weighted by Gasteiger charge is -2.17. The highest BCUT2D eigenvalue weighted by atomic mass is 16.1. The van der Waals surface area contributed by atoms with E-state index in [2.05, 4.69) is 48.7 Å². The molecule has 2 rings (SSSR count). The molecule has 0 saturated heterocycles. The predicted molar refractivity (Wildman–Crippen MR) is 69.5 cm³/mol. The van der Waals surface area contributed by atoms with Crippen LogP contribution in [-0.2, 0) is 11.3 Å². The van der Waals surface area contributed by atoms with E-state index in [0.29, 0.717) is 6.54 Å². The molecule has 0 unspecified atom stereocenters. The summed E-state index contributed by atoms with van der Waals surface area (Å²) in [7, 11) is 0. The third-order valence-corrected chi connectivity index (χ3v) is 3.23. The fourth-order valence-corrected chi connectivity index (χ4v) is 2.07. The molecular weight excluding hydrogens is 210 g/mol. The summed E-state index contributed by atoms with van der Waals surface area (Å²) in [6, 6.07) is 8.28. The van der Waals surface area contributed by atoms with Crippen LogP contribution in [0.5, 0.6) is 0 Å². The largest absolute Gasteiger partial charge is 0.352 e. The fourth-order valence-electron chi connectivity index (χ4n) is 2.07. The van der Waals surface area contributed by atoms with Crippen molar-refractivity contribution in [2.75, 3.05) is 0 Å². The molecule has 0 heterocycles. The summed E-state index contributed by atoms with van der Waals surface area (Å²) >= 11 is 0. The Morgan fingerprint density at radius 3 is 2.71 bits per heavy atom. The molecule has 1 aliphatic carbocycles. The number of allylic oxidation sites excluding steroid dienone is 2. The first-order valence-electron chi connectivity index (χ1n) is 6.24. The van der Waals surface area contributed by atoms with Crippen LogP contribution in [0.1, 0.15) is 30.4 Å². The second-order valence-corrected chi connectivity index (χ2v) is 4.68. The number of nitrogens with one attached hydrogen (secondary N) is 1. The minimum Gasteiger partial charge on any atom is -0.352 e. The molecular formula is C15H19NO. The van der Waals surface area contributed by atoms with E-state index in [1.165, 1.54) is 5.56 Å². The van der Waals surface area contributed by atoms with E-state index in [1.54, 1.807) is 0 Å². The van der Waals surface area contributed by atoms with Gasteiger partial charge in [-0.05, 0) is 31.7 Å². The van der Waals surface area contributed by atoms with Crippen LogP contribution in [-0.4, -0.2) is 5.91 Å². The molecule has 0 aliphatic heterocycles. The van der Waals surface area contributed by atoms with Gasteiger partial charge in [-0.25, -0.2) is 0 Å². The van der Waals surface area contributed by atoms with Gasteiger partial charge in [-0.3, -0.25) is 4.79 Å². The summed E-state index contributed by atoms with van der Waals surface area (Å²) in [6.07, 6.45) is 7.17. The predicted octanol–water partition coefficient (Wildman–Crippen LogP) is 2.97. The first kappa shape index (κ1) is 11.9. The van der Waals surface area contributed by atoms with Gasteiger partial charge in [0, 0.05) is 12.5 Å². The van der Waals surface area contributed by atoms with Crippen molar-refractivity contribution in [1.29, 1.82) is 0 Å². The maximum absolute atomic E-state index is 11.9. The fraction of sp³-hybridized carbons (Fsp3) is 0.400. The van der Waals surface area contributed by atoms with Gasteiger partial charge >= 0.3 is 0 Å². The van der Waals surface area contributed by atoms with Gasteiger partial charge in [-0.1, -0.05) is 42.0 Å². The van der Waals surface area contributed by atoms with Crippen molar-refractivity contribution in [3.8, 4) is 0 Å². The third-order valence-electron chi connectivity index (χ3n) is 3.23. The Kier molecular flexibility index (Phi) is 3.97. The molecule has 1 aromatic rings. The number of carbonyl (C=O) groups excluding carboxylic acids is 1. The van der Waals surface area contributed by atoms with Crippen LogP contribution in [0.15, 0.2) is 36.4 Å². The van der Waals surface area contributed by atoms with Gasteiger partial charge in [0.05, 0.1) is 0 Å². The Hall–Kier alpha value is -1.57. The van der Waals surface area contributed by atoms with E-state index < -0.39 is 0 Å². The average molecular weight is 229 g/mol. The zero-order valence-corrected chi connectivity index (χ0v) is 10.3. The summed E-state index contributed by atoms with van der Waals surface area (Å²) in [5.41, 5.74) is 2.41. The minimum absolute atomic E-state index is 0.172. The lowest BCUT2D eigenvalue weighted by atomic mass is 9.93. The summed E-state index contributed by atoms with van der Waals surface area (Å²) < 4.78 is 0. The zero-order chi connectivity index (χ0) is 12.1. The van der Waals surface area contributed by atoms with Gasteiger partial charge < -0.3 is 5.32 Å². The summed E-state index contributed by atoms with van der Waals surface area (Å²) in [5, 5.41) is 3.02. The standard InChI is InChI=1S/C15H19NO/c1-12-7-9-13(10-8-12)11-16-15(17)14-5-3-2-4-6-14/h2-3,7-10,14H,4-6,11H2,1H3,(H,16,17)/t14-/m0/s1. The Labute approximate surface area is 103 Å². The van der Waals surface area contributed by atoms with E-state index in [4.69, 9.17) is 0 Å². The maximum Gasteiger partial charge on any atom is 0.223 e. The lowest BCUT2D eigenvalue weighted by molar-refractivity contribution is -0.125. The van der Waals surface area contributed by atoms with Crippen LogP contribution in [0, 0.1) is 12.8 Å². The van der Waals surface area contributed by atoms with Crippen LogP contribution in [0.4, 0.5) is 0 Å². The molecule has 0 saturated carbocycles. The summed E-state index contributed by atoms with van der Waals surface area (Å²) in [5.74, 6) is 0.361. The Bertz CT molecular complexity index is 405. The number of aryl methyl sites for hydroxylation is 1. The van der Waals surface area contributed by atoms with Crippen molar-refractivity contribution in [3.63, 3.8) is 0 Å². The first-order valence-corrected chi connectivity index (χ1v) is 6.24. The molecule has 90 valence electrons. The van der Waals surface area contributed by atoms with E-state index in [0.717, 1.165) is 24.8 Å². The first-order chi connectivity index (χ1) is 8.25. The number of hydrogen-bond acceptors (Lipinski definition) is 1. The van der Waals surface area contributed by atoms with E-state index in [-0.39, 0.29) is 11.8 Å². The Morgan fingerprint density at radius 2 is 2.06 bits per heavy atom. The van der Waals surface area contributed by atoms with Crippen molar-refractivity contribution in [3.05, 3.63) is 47.5 Å². The highest BCUT2D eigenvalue weighted by Gasteiger charge is 2.17. The molecule has 17 heavy (non-hydrogen) atoms. The zero-order valence-electron chi connectivity index (χ0n) is 10.3. The van der Waals surface area contributed by atoms with Crippen molar-refractivity contribution in [2.45, 2.75) is 32.7 Å². The molecule has 1 aliphatic rings. The van der Waals surface area contributed by atoms with Crippen LogP contribution in [0.3, 0.4) is 0 Å². The Balaban J connectivity index is 1.83. The van der Waals surface area contributed by atoms with Gasteiger partial charge in [0.2, 0.25) is 5.91 Å². The number of benzene rings is 1. The highest BCUT2D eigenvalue weighted by Crippen LogP contribution is 2.18. The summed E-state index contributed by atoms with van der Waals surface area (Å²) in [6.45, 7) is 2.70. The van der Waals surface area contributed by atoms with Crippen molar-refractivity contribution in [1.82, 2.24) is 5.32 Å². The molecule has 0 aromatic heterocycles. The van der Waals surface area contributed by atoms with Crippen LogP contribution in [0.25, 0.3) is 0 Å². The lowest BCUT2D eigenvalue weighted by Crippen LogP contribution is -2.30. The van der Waals surface area contributed by atoms with Crippen LogP contribution >= 0.6 is 0 Å². The molecule has 0 radical (unpaired) electrons. The maximum atomic E-state index is 11.9.